The number of aliphatic hydroxyl groups excluding tert-OH is 4. The van der Waals surface area contributed by atoms with E-state index in [4.69, 9.17) is 18.9 Å². The summed E-state index contributed by atoms with van der Waals surface area (Å²) in [5.74, 6) is -0.342. The van der Waals surface area contributed by atoms with Crippen molar-refractivity contribution in [1.82, 2.24) is 0 Å². The molecular formula is C46H78O9. The number of hydrogen-bond acceptors (Lipinski definition) is 9. The molecule has 0 aromatic heterocycles. The van der Waals surface area contributed by atoms with Crippen molar-refractivity contribution in [3.05, 3.63) is 72.9 Å². The van der Waals surface area contributed by atoms with Gasteiger partial charge in [0.2, 0.25) is 0 Å². The first-order chi connectivity index (χ1) is 26.9. The first kappa shape index (κ1) is 50.6. The molecule has 6 atom stereocenters. The van der Waals surface area contributed by atoms with Gasteiger partial charge in [-0.25, -0.2) is 0 Å². The molecule has 0 saturated carbocycles. The van der Waals surface area contributed by atoms with E-state index in [9.17, 15) is 25.2 Å². The number of hydrogen-bond donors (Lipinski definition) is 4. The van der Waals surface area contributed by atoms with Crippen molar-refractivity contribution < 1.29 is 44.2 Å². The molecule has 316 valence electrons. The van der Waals surface area contributed by atoms with Crippen LogP contribution in [0.15, 0.2) is 72.9 Å². The van der Waals surface area contributed by atoms with Gasteiger partial charge in [-0.05, 0) is 83.5 Å². The van der Waals surface area contributed by atoms with E-state index in [1.54, 1.807) is 0 Å². The third-order valence-electron chi connectivity index (χ3n) is 9.36. The maximum Gasteiger partial charge on any atom is 0.306 e. The third kappa shape index (κ3) is 28.6. The summed E-state index contributed by atoms with van der Waals surface area (Å²) in [6, 6.07) is 0. The number of carbonyl (C=O) groups is 1. The lowest BCUT2D eigenvalue weighted by Gasteiger charge is -2.39. The summed E-state index contributed by atoms with van der Waals surface area (Å²) in [5.41, 5.74) is 0. The summed E-state index contributed by atoms with van der Waals surface area (Å²) in [6.07, 6.45) is 40.7. The van der Waals surface area contributed by atoms with Gasteiger partial charge >= 0.3 is 5.97 Å². The molecular weight excluding hydrogens is 696 g/mol. The first-order valence-electron chi connectivity index (χ1n) is 21.5. The molecule has 4 N–H and O–H groups in total. The minimum Gasteiger partial charge on any atom is -0.457 e. The summed E-state index contributed by atoms with van der Waals surface area (Å²) in [6.45, 7) is 4.31. The van der Waals surface area contributed by atoms with Crippen LogP contribution in [0, 0.1) is 0 Å². The Morgan fingerprint density at radius 2 is 1.11 bits per heavy atom. The van der Waals surface area contributed by atoms with Crippen LogP contribution < -0.4 is 0 Å². The second-order valence-electron chi connectivity index (χ2n) is 14.4. The zero-order valence-corrected chi connectivity index (χ0v) is 34.4. The van der Waals surface area contributed by atoms with E-state index < -0.39 is 43.4 Å². The average Bonchev–Trinajstić information content (AvgIpc) is 3.18. The molecule has 0 amide bonds. The minimum atomic E-state index is -1.55. The van der Waals surface area contributed by atoms with Crippen LogP contribution in [0.1, 0.15) is 149 Å². The lowest BCUT2D eigenvalue weighted by Crippen LogP contribution is -2.59. The van der Waals surface area contributed by atoms with E-state index in [2.05, 4.69) is 86.8 Å². The first-order valence-corrected chi connectivity index (χ1v) is 21.5. The van der Waals surface area contributed by atoms with Gasteiger partial charge < -0.3 is 39.4 Å². The molecule has 6 unspecified atom stereocenters. The zero-order valence-electron chi connectivity index (χ0n) is 34.4. The second kappa shape index (κ2) is 37.2. The molecule has 0 aromatic rings. The summed E-state index contributed by atoms with van der Waals surface area (Å²) in [4.78, 5) is 12.8. The van der Waals surface area contributed by atoms with Crippen LogP contribution in [0.4, 0.5) is 0 Å². The zero-order chi connectivity index (χ0) is 40.0. The monoisotopic (exact) mass is 775 g/mol. The number of ether oxygens (including phenoxy) is 4. The quantitative estimate of drug-likeness (QED) is 0.0282. The normalized spacial score (nSPS) is 21.5. The smallest absolute Gasteiger partial charge is 0.306 e. The van der Waals surface area contributed by atoms with Gasteiger partial charge in [-0.1, -0.05) is 132 Å². The van der Waals surface area contributed by atoms with E-state index in [1.165, 1.54) is 32.1 Å². The van der Waals surface area contributed by atoms with Gasteiger partial charge in [0.25, 0.3) is 0 Å². The maximum atomic E-state index is 12.8. The molecule has 0 radical (unpaired) electrons. The van der Waals surface area contributed by atoms with Gasteiger partial charge in [-0.2, -0.15) is 0 Å². The molecule has 0 aromatic carbocycles. The molecule has 0 bridgehead atoms. The number of esters is 1. The van der Waals surface area contributed by atoms with Crippen LogP contribution in [-0.2, 0) is 23.7 Å². The highest BCUT2D eigenvalue weighted by molar-refractivity contribution is 5.69. The minimum absolute atomic E-state index is 0.113. The molecule has 1 aliphatic rings. The Balaban J connectivity index is 2.34. The van der Waals surface area contributed by atoms with Gasteiger partial charge in [0.1, 0.15) is 30.5 Å². The largest absolute Gasteiger partial charge is 0.457 e. The summed E-state index contributed by atoms with van der Waals surface area (Å²) >= 11 is 0. The summed E-state index contributed by atoms with van der Waals surface area (Å²) in [5, 5.41) is 40.1. The Kier molecular flexibility index (Phi) is 34.3. The number of carbonyl (C=O) groups excluding carboxylic acids is 1. The highest BCUT2D eigenvalue weighted by atomic mass is 16.7. The van der Waals surface area contributed by atoms with E-state index >= 15 is 0 Å². The van der Waals surface area contributed by atoms with Gasteiger partial charge in [-0.15, -0.1) is 0 Å². The molecule has 1 rings (SSSR count). The molecule has 1 fully saturated rings. The van der Waals surface area contributed by atoms with E-state index in [1.807, 2.05) is 0 Å². The lowest BCUT2D eigenvalue weighted by molar-refractivity contribution is -0.305. The number of allylic oxidation sites excluding steroid dienone is 12. The standard InChI is InChI=1S/C46H78O9/c1-3-5-7-9-11-13-15-17-19-21-23-25-27-29-31-33-35-42(48)54-40(39-53-46-45(51)44(50)43(49)41(37-47)55-46)38-52-36-34-32-30-28-26-24-22-20-18-16-14-12-10-8-6-4-2/h6,8,12-15,18-21,24,26,40-41,43-47,49-51H,3-5,7,9-11,16-17,22-23,25,27-39H2,1-2H3/b8-6-,14-12-,15-13-,20-18-,21-19-,26-24-. The highest BCUT2D eigenvalue weighted by Gasteiger charge is 2.44. The molecule has 0 spiro atoms. The molecule has 55 heavy (non-hydrogen) atoms. The van der Waals surface area contributed by atoms with Crippen LogP contribution in [0.5, 0.6) is 0 Å². The van der Waals surface area contributed by atoms with Crippen LogP contribution in [0.25, 0.3) is 0 Å². The lowest BCUT2D eigenvalue weighted by atomic mass is 9.99. The maximum absolute atomic E-state index is 12.8. The van der Waals surface area contributed by atoms with Gasteiger partial charge in [0, 0.05) is 13.0 Å². The highest BCUT2D eigenvalue weighted by Crippen LogP contribution is 2.22. The molecule has 1 heterocycles. The Hall–Kier alpha value is -2.37. The van der Waals surface area contributed by atoms with Gasteiger partial charge in [0.15, 0.2) is 6.29 Å². The van der Waals surface area contributed by atoms with E-state index in [-0.39, 0.29) is 19.2 Å². The van der Waals surface area contributed by atoms with Crippen LogP contribution in [0.2, 0.25) is 0 Å². The van der Waals surface area contributed by atoms with Crippen molar-refractivity contribution in [2.45, 2.75) is 185 Å². The van der Waals surface area contributed by atoms with Crippen LogP contribution >= 0.6 is 0 Å². The molecule has 9 nitrogen and oxygen atoms in total. The predicted octanol–water partition coefficient (Wildman–Crippen LogP) is 9.30. The van der Waals surface area contributed by atoms with Crippen molar-refractivity contribution >= 4 is 5.97 Å². The molecule has 9 heteroatoms. The van der Waals surface area contributed by atoms with Crippen molar-refractivity contribution in [2.24, 2.45) is 0 Å². The van der Waals surface area contributed by atoms with Crippen molar-refractivity contribution in [3.8, 4) is 0 Å². The molecule has 0 aliphatic carbocycles. The van der Waals surface area contributed by atoms with Gasteiger partial charge in [0.05, 0.1) is 19.8 Å². The second-order valence-corrected chi connectivity index (χ2v) is 14.4. The Labute approximate surface area is 334 Å². The van der Waals surface area contributed by atoms with Crippen LogP contribution in [0.3, 0.4) is 0 Å². The summed E-state index contributed by atoms with van der Waals surface area (Å²) < 4.78 is 22.7. The Bertz CT molecular complexity index is 1060. The molecule has 1 saturated heterocycles. The fraction of sp³-hybridized carbons (Fsp3) is 0.717. The molecule has 1 aliphatic heterocycles. The van der Waals surface area contributed by atoms with E-state index in [0.717, 1.165) is 96.3 Å². The van der Waals surface area contributed by atoms with E-state index in [0.29, 0.717) is 13.0 Å². The number of aliphatic hydroxyl groups is 4. The van der Waals surface area contributed by atoms with Crippen molar-refractivity contribution in [1.29, 1.82) is 0 Å². The summed E-state index contributed by atoms with van der Waals surface area (Å²) in [7, 11) is 0. The van der Waals surface area contributed by atoms with Crippen molar-refractivity contribution in [3.63, 3.8) is 0 Å². The van der Waals surface area contributed by atoms with Crippen LogP contribution in [-0.4, -0.2) is 89.6 Å². The SMILES string of the molecule is CC/C=C\C/C=C\C/C=C\C/C=C\CCCCCOCC(COC1OC(CO)C(O)C(O)C1O)OC(=O)CCCCCCC/C=C\C/C=C\CCCCCC. The number of rotatable bonds is 35. The number of unbranched alkanes of at least 4 members (excludes halogenated alkanes) is 12. The average molecular weight is 775 g/mol. The van der Waals surface area contributed by atoms with Gasteiger partial charge in [-0.3, -0.25) is 4.79 Å². The fourth-order valence-corrected chi connectivity index (χ4v) is 5.98. The predicted molar refractivity (Wildman–Crippen MR) is 224 cm³/mol. The Morgan fingerprint density at radius 1 is 0.600 bits per heavy atom. The third-order valence-corrected chi connectivity index (χ3v) is 9.36. The Morgan fingerprint density at radius 3 is 1.67 bits per heavy atom. The fourth-order valence-electron chi connectivity index (χ4n) is 5.98. The van der Waals surface area contributed by atoms with Crippen molar-refractivity contribution in [2.75, 3.05) is 26.4 Å². The topological polar surface area (TPSA) is 135 Å².